The largest absolute Gasteiger partial charge is 0.481 e. The van der Waals surface area contributed by atoms with Crippen molar-refractivity contribution in [2.24, 2.45) is 0 Å². The topological polar surface area (TPSA) is 67.3 Å². The number of carboxylic acids is 1. The van der Waals surface area contributed by atoms with Crippen LogP contribution in [0.4, 0.5) is 0 Å². The van der Waals surface area contributed by atoms with E-state index in [4.69, 9.17) is 5.11 Å². The Hall–Kier alpha value is -1.23. The molecule has 1 aromatic heterocycles. The average Bonchev–Trinajstić information content (AvgIpc) is 2.16. The molecule has 0 amide bonds. The lowest BCUT2D eigenvalue weighted by molar-refractivity contribution is -0.136. The van der Waals surface area contributed by atoms with Crippen molar-refractivity contribution >= 4 is 16.8 Å². The van der Waals surface area contributed by atoms with Gasteiger partial charge >= 0.3 is 5.97 Å². The first-order chi connectivity index (χ1) is 7.49. The second-order valence-corrected chi connectivity index (χ2v) is 5.56. The van der Waals surface area contributed by atoms with Gasteiger partial charge in [0.25, 0.3) is 0 Å². The van der Waals surface area contributed by atoms with E-state index in [1.165, 1.54) is 0 Å². The highest BCUT2D eigenvalue weighted by atomic mass is 32.2. The van der Waals surface area contributed by atoms with Gasteiger partial charge in [-0.05, 0) is 19.1 Å². The van der Waals surface area contributed by atoms with Crippen molar-refractivity contribution in [1.29, 1.82) is 0 Å². The highest BCUT2D eigenvalue weighted by molar-refractivity contribution is 7.84. The number of rotatable bonds is 5. The molecule has 0 radical (unpaired) electrons. The van der Waals surface area contributed by atoms with E-state index in [-0.39, 0.29) is 11.7 Å². The van der Waals surface area contributed by atoms with Gasteiger partial charge in [-0.3, -0.25) is 14.0 Å². The van der Waals surface area contributed by atoms with Crippen LogP contribution < -0.4 is 0 Å². The minimum atomic E-state index is -1.19. The van der Waals surface area contributed by atoms with Crippen molar-refractivity contribution in [3.05, 3.63) is 29.6 Å². The minimum Gasteiger partial charge on any atom is -0.481 e. The smallest absolute Gasteiger partial charge is 0.304 e. The van der Waals surface area contributed by atoms with E-state index in [0.717, 1.165) is 11.4 Å². The second-order valence-electron chi connectivity index (χ2n) is 3.70. The van der Waals surface area contributed by atoms with E-state index in [0.29, 0.717) is 5.75 Å². The Bertz CT molecular complexity index is 406. The molecule has 0 aliphatic rings. The highest BCUT2D eigenvalue weighted by Gasteiger charge is 2.15. The van der Waals surface area contributed by atoms with Crippen LogP contribution in [0.3, 0.4) is 0 Å². The fourth-order valence-electron chi connectivity index (χ4n) is 1.31. The molecule has 1 heterocycles. The molecule has 5 heteroatoms. The fourth-order valence-corrected chi connectivity index (χ4v) is 2.37. The summed E-state index contributed by atoms with van der Waals surface area (Å²) in [5, 5.41) is 8.25. The molecule has 16 heavy (non-hydrogen) atoms. The molecule has 0 aromatic carbocycles. The van der Waals surface area contributed by atoms with Crippen LogP contribution in [0.15, 0.2) is 18.2 Å². The van der Waals surface area contributed by atoms with Crippen molar-refractivity contribution < 1.29 is 14.1 Å². The standard InChI is InChI=1S/C11H15NO3S/c1-8-4-3-5-10(12-8)7-16(15)9(2)6-11(13)14/h3-5,9H,6-7H2,1-2H3,(H,13,14). The van der Waals surface area contributed by atoms with Crippen LogP contribution in [-0.2, 0) is 21.3 Å². The molecule has 0 spiro atoms. The number of nitrogens with zero attached hydrogens (tertiary/aromatic N) is 1. The second kappa shape index (κ2) is 5.75. The predicted octanol–water partition coefficient (Wildman–Crippen LogP) is 1.50. The Kier molecular flexibility index (Phi) is 4.61. The van der Waals surface area contributed by atoms with Crippen molar-refractivity contribution in [2.45, 2.75) is 31.3 Å². The van der Waals surface area contributed by atoms with E-state index in [9.17, 15) is 9.00 Å². The molecule has 0 saturated carbocycles. The number of aliphatic carboxylic acids is 1. The van der Waals surface area contributed by atoms with E-state index >= 15 is 0 Å². The Labute approximate surface area is 97.2 Å². The fraction of sp³-hybridized carbons (Fsp3) is 0.455. The molecule has 2 atom stereocenters. The Morgan fingerprint density at radius 2 is 2.25 bits per heavy atom. The molecule has 1 N–H and O–H groups in total. The molecule has 1 rings (SSSR count). The maximum absolute atomic E-state index is 11.8. The number of carboxylic acid groups (broad SMARTS) is 1. The number of aryl methyl sites for hydroxylation is 1. The molecule has 0 saturated heterocycles. The number of hydrogen-bond acceptors (Lipinski definition) is 3. The zero-order chi connectivity index (χ0) is 12.1. The lowest BCUT2D eigenvalue weighted by Gasteiger charge is -2.08. The molecule has 2 unspecified atom stereocenters. The summed E-state index contributed by atoms with van der Waals surface area (Å²) >= 11 is 0. The summed E-state index contributed by atoms with van der Waals surface area (Å²) in [4.78, 5) is 14.7. The third-order valence-electron chi connectivity index (χ3n) is 2.15. The molecule has 0 aliphatic carbocycles. The third kappa shape index (κ3) is 4.10. The first-order valence-electron chi connectivity index (χ1n) is 5.00. The molecule has 1 aromatic rings. The van der Waals surface area contributed by atoms with Gasteiger partial charge in [-0.2, -0.15) is 0 Å². The lowest BCUT2D eigenvalue weighted by Crippen LogP contribution is -2.17. The van der Waals surface area contributed by atoms with Gasteiger partial charge in [-0.1, -0.05) is 13.0 Å². The molecular weight excluding hydrogens is 226 g/mol. The highest BCUT2D eigenvalue weighted by Crippen LogP contribution is 2.08. The SMILES string of the molecule is Cc1cccc(CS(=O)C(C)CC(=O)O)n1. The third-order valence-corrected chi connectivity index (χ3v) is 3.79. The lowest BCUT2D eigenvalue weighted by atomic mass is 10.3. The van der Waals surface area contributed by atoms with Crippen molar-refractivity contribution in [3.8, 4) is 0 Å². The first-order valence-corrected chi connectivity index (χ1v) is 6.38. The Morgan fingerprint density at radius 1 is 1.56 bits per heavy atom. The van der Waals surface area contributed by atoms with E-state index < -0.39 is 16.8 Å². The minimum absolute atomic E-state index is 0.0710. The monoisotopic (exact) mass is 241 g/mol. The summed E-state index contributed by atoms with van der Waals surface area (Å²) in [6.45, 7) is 3.55. The summed E-state index contributed by atoms with van der Waals surface area (Å²) in [7, 11) is -1.19. The van der Waals surface area contributed by atoms with E-state index in [2.05, 4.69) is 4.98 Å². The average molecular weight is 241 g/mol. The summed E-state index contributed by atoms with van der Waals surface area (Å²) in [6.07, 6.45) is -0.0710. The maximum atomic E-state index is 11.8. The normalized spacial score (nSPS) is 14.4. The van der Waals surface area contributed by atoms with Crippen LogP contribution in [0.25, 0.3) is 0 Å². The molecule has 0 bridgehead atoms. The van der Waals surface area contributed by atoms with Crippen LogP contribution in [0.2, 0.25) is 0 Å². The van der Waals surface area contributed by atoms with Gasteiger partial charge in [0.05, 0.1) is 17.9 Å². The molecule has 88 valence electrons. The van der Waals surface area contributed by atoms with Crippen LogP contribution in [0.5, 0.6) is 0 Å². The molecule has 4 nitrogen and oxygen atoms in total. The zero-order valence-electron chi connectivity index (χ0n) is 9.34. The Morgan fingerprint density at radius 3 is 2.81 bits per heavy atom. The summed E-state index contributed by atoms with van der Waals surface area (Å²) < 4.78 is 11.8. The quantitative estimate of drug-likeness (QED) is 0.848. The van der Waals surface area contributed by atoms with E-state index in [1.807, 2.05) is 19.1 Å². The number of hydrogen-bond donors (Lipinski definition) is 1. The van der Waals surface area contributed by atoms with Crippen molar-refractivity contribution in [2.75, 3.05) is 0 Å². The van der Waals surface area contributed by atoms with Gasteiger partial charge in [0.1, 0.15) is 0 Å². The number of carbonyl (C=O) groups is 1. The van der Waals surface area contributed by atoms with E-state index in [1.54, 1.807) is 13.0 Å². The summed E-state index contributed by atoms with van der Waals surface area (Å²) in [5.74, 6) is -0.603. The maximum Gasteiger partial charge on any atom is 0.304 e. The van der Waals surface area contributed by atoms with Gasteiger partial charge in [0, 0.05) is 21.7 Å². The van der Waals surface area contributed by atoms with Gasteiger partial charge < -0.3 is 5.11 Å². The number of pyridine rings is 1. The number of aromatic nitrogens is 1. The van der Waals surface area contributed by atoms with Gasteiger partial charge in [0.2, 0.25) is 0 Å². The van der Waals surface area contributed by atoms with Gasteiger partial charge in [0.15, 0.2) is 0 Å². The van der Waals surface area contributed by atoms with Crippen LogP contribution in [-0.4, -0.2) is 25.5 Å². The zero-order valence-corrected chi connectivity index (χ0v) is 10.2. The van der Waals surface area contributed by atoms with Crippen molar-refractivity contribution in [3.63, 3.8) is 0 Å². The molecule has 0 fully saturated rings. The van der Waals surface area contributed by atoms with Gasteiger partial charge in [-0.15, -0.1) is 0 Å². The van der Waals surface area contributed by atoms with Crippen LogP contribution in [0.1, 0.15) is 24.7 Å². The predicted molar refractivity (Wildman–Crippen MR) is 62.5 cm³/mol. The van der Waals surface area contributed by atoms with Crippen LogP contribution >= 0.6 is 0 Å². The summed E-state index contributed by atoms with van der Waals surface area (Å²) in [6, 6.07) is 5.53. The summed E-state index contributed by atoms with van der Waals surface area (Å²) in [5.41, 5.74) is 1.62. The molecular formula is C11H15NO3S. The van der Waals surface area contributed by atoms with Gasteiger partial charge in [-0.25, -0.2) is 0 Å². The Balaban J connectivity index is 2.60. The van der Waals surface area contributed by atoms with Crippen LogP contribution in [0, 0.1) is 6.92 Å². The molecule has 0 aliphatic heterocycles. The van der Waals surface area contributed by atoms with Crippen molar-refractivity contribution in [1.82, 2.24) is 4.98 Å². The first kappa shape index (κ1) is 12.8.